The molecular formula is C147H162. The Morgan fingerprint density at radius 2 is 0.517 bits per heavy atom. The van der Waals surface area contributed by atoms with Gasteiger partial charge in [0, 0.05) is 0 Å². The second-order valence-corrected chi connectivity index (χ2v) is 35.8. The molecule has 15 aliphatic rings. The summed E-state index contributed by atoms with van der Waals surface area (Å²) in [6, 6.07) is 103. The van der Waals surface area contributed by atoms with Gasteiger partial charge in [-0.3, -0.25) is 0 Å². The first kappa shape index (κ1) is 118. The summed E-state index contributed by atoms with van der Waals surface area (Å²) in [5, 5.41) is 2.57. The van der Waals surface area contributed by atoms with Gasteiger partial charge in [0.05, 0.1) is 0 Å². The van der Waals surface area contributed by atoms with Crippen molar-refractivity contribution in [2.45, 2.75) is 161 Å². The number of fused-ring (bicyclic) bond motifs is 14. The summed E-state index contributed by atoms with van der Waals surface area (Å²) in [5.41, 5.74) is 41.4. The van der Waals surface area contributed by atoms with Crippen LogP contribution in [0, 0.1) is 11.8 Å². The molecular weight excluding hydrogens is 1770 g/mol. The summed E-state index contributed by atoms with van der Waals surface area (Å²) < 4.78 is 0. The maximum absolute atomic E-state index is 4.14. The molecule has 12 aromatic carbocycles. The van der Waals surface area contributed by atoms with E-state index in [4.69, 9.17) is 0 Å². The molecule has 15 aliphatic carbocycles. The Balaban J connectivity index is 0.000000215. The lowest BCUT2D eigenvalue weighted by Crippen LogP contribution is -2.19. The van der Waals surface area contributed by atoms with Crippen molar-refractivity contribution in [2.75, 3.05) is 0 Å². The van der Waals surface area contributed by atoms with Crippen molar-refractivity contribution in [3.8, 4) is 11.1 Å². The smallest absolute Gasteiger partial charge is 0.00201 e. The van der Waals surface area contributed by atoms with E-state index in [1.165, 1.54) is 256 Å². The highest BCUT2D eigenvalue weighted by molar-refractivity contribution is 6.00. The molecule has 147 heavy (non-hydrogen) atoms. The number of benzene rings is 12. The minimum Gasteiger partial charge on any atom is -0.106 e. The van der Waals surface area contributed by atoms with E-state index in [9.17, 15) is 0 Å². The molecule has 0 heterocycles. The van der Waals surface area contributed by atoms with E-state index in [1.807, 2.05) is 30.3 Å². The maximum atomic E-state index is 4.14. The molecule has 0 heteroatoms. The molecule has 12 aromatic rings. The molecule has 1 saturated carbocycles. The summed E-state index contributed by atoms with van der Waals surface area (Å²) in [4.78, 5) is 0. The third kappa shape index (κ3) is 37.2. The number of allylic oxidation sites excluding steroid dienone is 22. The molecule has 0 spiro atoms. The van der Waals surface area contributed by atoms with Crippen molar-refractivity contribution >= 4 is 35.5 Å². The van der Waals surface area contributed by atoms with Crippen LogP contribution in [-0.4, -0.2) is 0 Å². The Hall–Kier alpha value is -15.6. The number of aryl methyl sites for hydroxylation is 7. The zero-order valence-electron chi connectivity index (χ0n) is 88.4. The molecule has 0 aromatic heterocycles. The van der Waals surface area contributed by atoms with Crippen LogP contribution in [0.4, 0.5) is 0 Å². The quantitative estimate of drug-likeness (QED) is 0.105. The largest absolute Gasteiger partial charge is 0.106 e. The highest BCUT2D eigenvalue weighted by Gasteiger charge is 2.25. The normalized spacial score (nSPS) is 15.3. The van der Waals surface area contributed by atoms with Crippen LogP contribution in [0.2, 0.25) is 0 Å². The first-order chi connectivity index (χ1) is 72.7. The van der Waals surface area contributed by atoms with Crippen LogP contribution in [-0.2, 0) is 77.0 Å². The molecule has 2 unspecified atom stereocenters. The summed E-state index contributed by atoms with van der Waals surface area (Å²) in [6.07, 6.45) is 75.7. The standard InChI is InChI=1S/C15H14.C14H10.C14H12.C11H14.2C10H8.C10H12.2C10H10.C9H12.2C8H8.9C2H4/c1-3-7-14-11-15-8-4-2-6-13(15)10-9-12(14)5-1;1-10-11-6-2-4-8-13(11)14-9-5-3-7-12(10)14;1-2-6-12-10-14-8-4-3-7-13(14)9-11(12)5-1;1-2-6-10-8-4-5-9-11(10)7-3-1;1-8-6-9-4-2-3-5-10(9)7-8;1-8-6-7-9-4-2-3-5-10(8)9;3*1-2-6-10-8-4-3-7-9(10)5-1;1-2-5-9-7-3-6-8(9)4-1;2*1-3-7-5-2-6-8(7)4-1;9*1-2/h1-8H,9-11H2;2-9H,1H2;1-8H,9-10H2;4-5,8-9H,1-3,6-7H2;2*2-7H,1H2;1-2,5-6H,3-4,7-8H2;1-3,5-7H,4,8H2;1-6H,7-8H2;1-2,4-5,8-9H,3,6-7H2;1-3,6H,4-5H2;1-3,5H,4,6H2;9*1-2H2. The van der Waals surface area contributed by atoms with Gasteiger partial charge in [0.2, 0.25) is 0 Å². The highest BCUT2D eigenvalue weighted by atomic mass is 14.3. The van der Waals surface area contributed by atoms with Crippen LogP contribution < -0.4 is 10.4 Å². The van der Waals surface area contributed by atoms with Crippen molar-refractivity contribution in [3.05, 3.63) is 676 Å². The molecule has 0 aliphatic heterocycles. The Labute approximate surface area is 888 Å². The predicted octanol–water partition coefficient (Wildman–Crippen LogP) is 38.5. The Morgan fingerprint density at radius 3 is 0.891 bits per heavy atom. The van der Waals surface area contributed by atoms with E-state index in [2.05, 4.69) is 521 Å². The van der Waals surface area contributed by atoms with Gasteiger partial charge in [-0.05, 0) is 338 Å². The summed E-state index contributed by atoms with van der Waals surface area (Å²) in [5.74, 6) is 1.80. The van der Waals surface area contributed by atoms with Crippen LogP contribution in [0.15, 0.2) is 554 Å². The summed E-state index contributed by atoms with van der Waals surface area (Å²) >= 11 is 0. The van der Waals surface area contributed by atoms with Crippen LogP contribution in [0.3, 0.4) is 0 Å². The molecule has 1 fully saturated rings. The fourth-order valence-electron chi connectivity index (χ4n) is 19.9. The van der Waals surface area contributed by atoms with Crippen LogP contribution in [0.5, 0.6) is 0 Å². The molecule has 0 bridgehead atoms. The predicted molar refractivity (Wildman–Crippen MR) is 657 cm³/mol. The lowest BCUT2D eigenvalue weighted by atomic mass is 9.86. The SMILES string of the molecule is C1=CC2=C(C1)CC=C2.C1=CC2=C(C=CC2)C1.C1=CC2CCCC2C=C1.C1=CCc2ccccc2C1.C1=Cc2ccccc2CC1.C=C.C=C.C=C.C=C.C=C.C=C.C=C.C=C.C=C.C=C1C=Cc2ccccc21.C=C1C=c2ccccc2=C1.C=C1c2ccccc2-c2ccccc21.c1ccc2c(c1)CCCC2.c1ccc2c(c1)CCCCC2.c1ccc2c(c1)CCc1ccccc1C2.c1ccc2c(c1)Cc1ccccc1C2. The van der Waals surface area contributed by atoms with Crippen LogP contribution in [0.25, 0.3) is 46.6 Å². The van der Waals surface area contributed by atoms with Crippen LogP contribution >= 0.6 is 0 Å². The number of hydrogen-bond acceptors (Lipinski definition) is 0. The van der Waals surface area contributed by atoms with Crippen molar-refractivity contribution in [3.63, 3.8) is 0 Å². The fraction of sp³-hybridized carbons (Fsp3) is 0.184. The molecule has 0 radical (unpaired) electrons. The minimum absolute atomic E-state index is 0.898. The third-order valence-electron chi connectivity index (χ3n) is 27.1. The van der Waals surface area contributed by atoms with Gasteiger partial charge in [-0.2, -0.15) is 0 Å². The van der Waals surface area contributed by atoms with Gasteiger partial charge in [0.1, 0.15) is 0 Å². The summed E-state index contributed by atoms with van der Waals surface area (Å²) in [6.45, 7) is 65.9. The monoisotopic (exact) mass is 1930 g/mol. The van der Waals surface area contributed by atoms with E-state index in [0.29, 0.717) is 0 Å². The van der Waals surface area contributed by atoms with Crippen molar-refractivity contribution < 1.29 is 0 Å². The maximum Gasteiger partial charge on any atom is -0.00201 e. The van der Waals surface area contributed by atoms with E-state index in [-0.39, 0.29) is 0 Å². The molecule has 2 atom stereocenters. The zero-order valence-corrected chi connectivity index (χ0v) is 88.4. The molecule has 0 amide bonds. The Morgan fingerprint density at radius 1 is 0.211 bits per heavy atom. The van der Waals surface area contributed by atoms with E-state index < -0.39 is 0 Å². The van der Waals surface area contributed by atoms with Crippen molar-refractivity contribution in [2.24, 2.45) is 11.8 Å². The lowest BCUT2D eigenvalue weighted by Gasteiger charge is -2.18. The van der Waals surface area contributed by atoms with E-state index >= 15 is 0 Å². The fourth-order valence-corrected chi connectivity index (χ4v) is 19.9. The molecule has 27 rings (SSSR count). The average molecular weight is 1930 g/mol. The van der Waals surface area contributed by atoms with Gasteiger partial charge in [0.25, 0.3) is 0 Å². The van der Waals surface area contributed by atoms with Gasteiger partial charge in [0.15, 0.2) is 0 Å². The highest BCUT2D eigenvalue weighted by Crippen LogP contribution is 2.43. The molecule has 0 saturated heterocycles. The Kier molecular flexibility index (Phi) is 56.5. The van der Waals surface area contributed by atoms with E-state index in [1.54, 1.807) is 27.8 Å². The van der Waals surface area contributed by atoms with Crippen LogP contribution in [0.1, 0.15) is 195 Å². The van der Waals surface area contributed by atoms with Crippen molar-refractivity contribution in [1.82, 2.24) is 0 Å². The van der Waals surface area contributed by atoms with E-state index in [0.717, 1.165) is 60.7 Å². The third-order valence-corrected chi connectivity index (χ3v) is 27.1. The zero-order chi connectivity index (χ0) is 106. The van der Waals surface area contributed by atoms with Crippen molar-refractivity contribution in [1.29, 1.82) is 0 Å². The Bertz CT molecular complexity index is 6210. The molecule has 750 valence electrons. The molecule has 0 nitrogen and oxygen atoms in total. The molecule has 0 N–H and O–H groups in total. The summed E-state index contributed by atoms with van der Waals surface area (Å²) in [7, 11) is 0. The first-order valence-electron chi connectivity index (χ1n) is 52.4. The second kappa shape index (κ2) is 70.2. The van der Waals surface area contributed by atoms with Gasteiger partial charge in [-0.25, -0.2) is 0 Å². The first-order valence-corrected chi connectivity index (χ1v) is 52.4. The van der Waals surface area contributed by atoms with Gasteiger partial charge >= 0.3 is 0 Å². The lowest BCUT2D eigenvalue weighted by molar-refractivity contribution is 0.552. The number of hydrogen-bond donors (Lipinski definition) is 0. The van der Waals surface area contributed by atoms with Gasteiger partial charge in [-0.15, -0.1) is 118 Å². The number of rotatable bonds is 0. The average Bonchev–Trinajstić information content (AvgIpc) is 1.58. The second-order valence-electron chi connectivity index (χ2n) is 35.8. The topological polar surface area (TPSA) is 0 Å². The minimum atomic E-state index is 0.898. The van der Waals surface area contributed by atoms with Gasteiger partial charge in [-0.1, -0.05) is 439 Å². The van der Waals surface area contributed by atoms with Gasteiger partial charge < -0.3 is 0 Å².